The summed E-state index contributed by atoms with van der Waals surface area (Å²) in [5.41, 5.74) is 1.72. The van der Waals surface area contributed by atoms with Crippen LogP contribution in [0.25, 0.3) is 0 Å². The number of hydrogen-bond donors (Lipinski definition) is 0. The largest absolute Gasteiger partial charge is 0.339 e. The molecule has 0 aliphatic heterocycles. The van der Waals surface area contributed by atoms with E-state index in [4.69, 9.17) is 11.6 Å². The van der Waals surface area contributed by atoms with Crippen LogP contribution in [-0.2, 0) is 16.6 Å². The molecule has 0 spiro atoms. The molecule has 0 radical (unpaired) electrons. The number of carbonyl (C=O) groups is 1. The zero-order valence-electron chi connectivity index (χ0n) is 17.1. The summed E-state index contributed by atoms with van der Waals surface area (Å²) in [4.78, 5) is 14.5. The van der Waals surface area contributed by atoms with Crippen molar-refractivity contribution in [1.29, 1.82) is 0 Å². The third-order valence-electron chi connectivity index (χ3n) is 5.37. The second-order valence-electron chi connectivity index (χ2n) is 7.65. The lowest BCUT2D eigenvalue weighted by molar-refractivity contribution is 0.0785. The maximum atomic E-state index is 13.7. The lowest BCUT2D eigenvalue weighted by atomic mass is 10.2. The van der Waals surface area contributed by atoms with Crippen LogP contribution in [0.2, 0.25) is 5.02 Å². The first kappa shape index (κ1) is 21.4. The Morgan fingerprint density at radius 3 is 2.29 bits per heavy atom. The average molecular weight is 455 g/mol. The number of anilines is 1. The highest BCUT2D eigenvalue weighted by Crippen LogP contribution is 2.29. The summed E-state index contributed by atoms with van der Waals surface area (Å²) in [6.45, 7) is 0.158. The van der Waals surface area contributed by atoms with Crippen LogP contribution >= 0.6 is 11.6 Å². The molecule has 1 amide bonds. The highest BCUT2D eigenvalue weighted by Gasteiger charge is 2.31. The van der Waals surface area contributed by atoms with Gasteiger partial charge in [0.25, 0.3) is 15.9 Å². The zero-order chi connectivity index (χ0) is 22.0. The Morgan fingerprint density at radius 2 is 1.65 bits per heavy atom. The van der Waals surface area contributed by atoms with E-state index in [1.54, 1.807) is 48.3 Å². The fourth-order valence-corrected chi connectivity index (χ4v) is 5.04. The van der Waals surface area contributed by atoms with Crippen molar-refractivity contribution in [2.45, 2.75) is 30.3 Å². The molecular formula is C24H23ClN2O3S. The summed E-state index contributed by atoms with van der Waals surface area (Å²) in [5, 5.41) is 0.525. The summed E-state index contributed by atoms with van der Waals surface area (Å²) in [6, 6.07) is 22.6. The van der Waals surface area contributed by atoms with Crippen LogP contribution in [0.4, 0.5) is 5.69 Å². The summed E-state index contributed by atoms with van der Waals surface area (Å²) < 4.78 is 28.7. The number of sulfonamides is 1. The van der Waals surface area contributed by atoms with Gasteiger partial charge in [-0.3, -0.25) is 9.10 Å². The molecular weight excluding hydrogens is 432 g/mol. The molecule has 0 N–H and O–H groups in total. The minimum absolute atomic E-state index is 0.0772. The first-order valence-electron chi connectivity index (χ1n) is 10.1. The van der Waals surface area contributed by atoms with Gasteiger partial charge in [0.05, 0.1) is 17.1 Å². The smallest absolute Gasteiger partial charge is 0.264 e. The molecule has 3 aromatic carbocycles. The van der Waals surface area contributed by atoms with Gasteiger partial charge in [-0.15, -0.1) is 0 Å². The minimum atomic E-state index is -3.93. The van der Waals surface area contributed by atoms with Gasteiger partial charge >= 0.3 is 0 Å². The zero-order valence-corrected chi connectivity index (χ0v) is 18.7. The maximum Gasteiger partial charge on any atom is 0.264 e. The van der Waals surface area contributed by atoms with Crippen LogP contribution < -0.4 is 4.31 Å². The van der Waals surface area contributed by atoms with Crippen LogP contribution in [0.5, 0.6) is 0 Å². The molecule has 0 aromatic heterocycles. The van der Waals surface area contributed by atoms with Crippen LogP contribution in [0.1, 0.15) is 28.8 Å². The summed E-state index contributed by atoms with van der Waals surface area (Å²) in [5.74, 6) is -0.166. The maximum absolute atomic E-state index is 13.7. The van der Waals surface area contributed by atoms with Crippen molar-refractivity contribution < 1.29 is 13.2 Å². The van der Waals surface area contributed by atoms with Gasteiger partial charge in [0.2, 0.25) is 0 Å². The monoisotopic (exact) mass is 454 g/mol. The Hall–Kier alpha value is -2.83. The average Bonchev–Trinajstić information content (AvgIpc) is 3.63. The molecule has 7 heteroatoms. The predicted molar refractivity (Wildman–Crippen MR) is 123 cm³/mol. The van der Waals surface area contributed by atoms with Crippen molar-refractivity contribution in [2.75, 3.05) is 11.4 Å². The predicted octanol–water partition coefficient (Wildman–Crippen LogP) is 4.97. The second kappa shape index (κ2) is 8.73. The Bertz CT molecular complexity index is 1180. The third kappa shape index (κ3) is 4.75. The molecule has 160 valence electrons. The van der Waals surface area contributed by atoms with Crippen LogP contribution in [0, 0.1) is 0 Å². The van der Waals surface area contributed by atoms with Crippen molar-refractivity contribution in [1.82, 2.24) is 4.90 Å². The number of benzene rings is 3. The number of hydrogen-bond acceptors (Lipinski definition) is 3. The lowest BCUT2D eigenvalue weighted by Gasteiger charge is -2.25. The molecule has 1 saturated carbocycles. The Labute approximate surface area is 187 Å². The molecule has 4 rings (SSSR count). The third-order valence-corrected chi connectivity index (χ3v) is 7.39. The van der Waals surface area contributed by atoms with E-state index < -0.39 is 10.0 Å². The van der Waals surface area contributed by atoms with Gasteiger partial charge in [-0.2, -0.15) is 0 Å². The van der Waals surface area contributed by atoms with E-state index >= 15 is 0 Å². The molecule has 0 bridgehead atoms. The van der Waals surface area contributed by atoms with Crippen molar-refractivity contribution >= 4 is 33.2 Å². The number of carbonyl (C=O) groups excluding carboxylic acids is 1. The molecule has 1 aliphatic rings. The van der Waals surface area contributed by atoms with Gasteiger partial charge < -0.3 is 4.90 Å². The summed E-state index contributed by atoms with van der Waals surface area (Å²) in [6.07, 6.45) is 1.98. The van der Waals surface area contributed by atoms with Crippen LogP contribution in [0.3, 0.4) is 0 Å². The van der Waals surface area contributed by atoms with Gasteiger partial charge in [-0.25, -0.2) is 8.42 Å². The van der Waals surface area contributed by atoms with Crippen molar-refractivity contribution in [2.24, 2.45) is 0 Å². The van der Waals surface area contributed by atoms with Gasteiger partial charge in [-0.1, -0.05) is 48.0 Å². The van der Waals surface area contributed by atoms with Crippen LogP contribution in [0.15, 0.2) is 83.8 Å². The summed E-state index contributed by atoms with van der Waals surface area (Å²) in [7, 11) is -2.17. The van der Waals surface area contributed by atoms with E-state index in [1.165, 1.54) is 16.4 Å². The van der Waals surface area contributed by atoms with Gasteiger partial charge in [-0.05, 0) is 60.9 Å². The van der Waals surface area contributed by atoms with Gasteiger partial charge in [0, 0.05) is 23.7 Å². The standard InChI is InChI=1S/C24H23ClN2O3S/c1-26(21-14-15-21)24(28)19-8-5-9-23(16-19)31(29,30)27(17-18-6-3-2-4-7-18)22-12-10-20(25)11-13-22/h2-13,16,21H,14-15,17H2,1H3. The van der Waals surface area contributed by atoms with E-state index in [2.05, 4.69) is 0 Å². The highest BCUT2D eigenvalue weighted by molar-refractivity contribution is 7.92. The van der Waals surface area contributed by atoms with Crippen molar-refractivity contribution in [3.8, 4) is 0 Å². The first-order chi connectivity index (χ1) is 14.9. The molecule has 0 unspecified atom stereocenters. The Balaban J connectivity index is 1.72. The molecule has 0 atom stereocenters. The fraction of sp³-hybridized carbons (Fsp3) is 0.208. The molecule has 0 heterocycles. The number of amides is 1. The Kier molecular flexibility index (Phi) is 6.03. The highest BCUT2D eigenvalue weighted by atomic mass is 35.5. The van der Waals surface area contributed by atoms with E-state index in [1.807, 2.05) is 30.3 Å². The molecule has 0 saturated heterocycles. The Morgan fingerprint density at radius 1 is 0.968 bits per heavy atom. The fourth-order valence-electron chi connectivity index (χ4n) is 3.42. The molecule has 3 aromatic rings. The van der Waals surface area contributed by atoms with E-state index in [0.717, 1.165) is 18.4 Å². The van der Waals surface area contributed by atoms with E-state index in [9.17, 15) is 13.2 Å². The van der Waals surface area contributed by atoms with Gasteiger partial charge in [0.1, 0.15) is 0 Å². The molecule has 31 heavy (non-hydrogen) atoms. The molecule has 1 fully saturated rings. The topological polar surface area (TPSA) is 57.7 Å². The normalized spacial score (nSPS) is 13.6. The van der Waals surface area contributed by atoms with E-state index in [-0.39, 0.29) is 23.4 Å². The quantitative estimate of drug-likeness (QED) is 0.506. The van der Waals surface area contributed by atoms with Crippen molar-refractivity contribution in [3.63, 3.8) is 0 Å². The SMILES string of the molecule is CN(C(=O)c1cccc(S(=O)(=O)N(Cc2ccccc2)c2ccc(Cl)cc2)c1)C1CC1. The number of halogens is 1. The minimum Gasteiger partial charge on any atom is -0.339 e. The second-order valence-corrected chi connectivity index (χ2v) is 9.95. The first-order valence-corrected chi connectivity index (χ1v) is 11.9. The van der Waals surface area contributed by atoms with Gasteiger partial charge in [0.15, 0.2) is 0 Å². The number of nitrogens with zero attached hydrogens (tertiary/aromatic N) is 2. The molecule has 5 nitrogen and oxygen atoms in total. The lowest BCUT2D eigenvalue weighted by Crippen LogP contribution is -2.31. The number of rotatable bonds is 7. The van der Waals surface area contributed by atoms with Crippen molar-refractivity contribution in [3.05, 3.63) is 95.0 Å². The summed E-state index contributed by atoms with van der Waals surface area (Å²) >= 11 is 6.01. The van der Waals surface area contributed by atoms with Crippen LogP contribution in [-0.4, -0.2) is 32.3 Å². The molecule has 1 aliphatic carbocycles. The van der Waals surface area contributed by atoms with E-state index in [0.29, 0.717) is 16.3 Å².